The van der Waals surface area contributed by atoms with Crippen molar-refractivity contribution < 1.29 is 0 Å². The number of unbranched alkanes of at least 4 members (excludes halogenated alkanes) is 1. The molecule has 18 heavy (non-hydrogen) atoms. The average Bonchev–Trinajstić information content (AvgIpc) is 2.26. The molecule has 0 unspecified atom stereocenters. The minimum absolute atomic E-state index is 0.00582. The van der Waals surface area contributed by atoms with Gasteiger partial charge in [0, 0.05) is 18.3 Å². The van der Waals surface area contributed by atoms with Gasteiger partial charge < -0.3 is 5.32 Å². The number of aryl methyl sites for hydroxylation is 1. The Hall–Kier alpha value is -0.680. The summed E-state index contributed by atoms with van der Waals surface area (Å²) in [7, 11) is 0. The fraction of sp³-hybridized carbons (Fsp3) is 0.692. The van der Waals surface area contributed by atoms with Gasteiger partial charge in [-0.2, -0.15) is 0 Å². The lowest BCUT2D eigenvalue weighted by Crippen LogP contribution is -2.36. The Bertz CT molecular complexity index is 449. The molecule has 4 nitrogen and oxygen atoms in total. The molecule has 5 heteroatoms. The Labute approximate surface area is 117 Å². The molecule has 0 spiro atoms. The summed E-state index contributed by atoms with van der Waals surface area (Å²) >= 11 is 3.22. The van der Waals surface area contributed by atoms with Crippen LogP contribution in [0, 0.1) is 6.92 Å². The summed E-state index contributed by atoms with van der Waals surface area (Å²) in [5, 5.41) is 3.44. The van der Waals surface area contributed by atoms with Gasteiger partial charge in [-0.25, -0.2) is 4.98 Å². The number of rotatable bonds is 5. The molecule has 0 amide bonds. The van der Waals surface area contributed by atoms with Crippen LogP contribution in [0.1, 0.15) is 39.4 Å². The second-order valence-electron chi connectivity index (χ2n) is 5.49. The molecule has 0 atom stereocenters. The summed E-state index contributed by atoms with van der Waals surface area (Å²) in [5.41, 5.74) is 0.163. The fourth-order valence-electron chi connectivity index (χ4n) is 1.67. The Morgan fingerprint density at radius 2 is 2.06 bits per heavy atom. The van der Waals surface area contributed by atoms with Crippen LogP contribution in [0.25, 0.3) is 0 Å². The van der Waals surface area contributed by atoms with Gasteiger partial charge in [-0.05, 0) is 63.0 Å². The zero-order valence-corrected chi connectivity index (χ0v) is 13.2. The number of hydrogen-bond acceptors (Lipinski definition) is 3. The maximum atomic E-state index is 11.9. The minimum atomic E-state index is 0.00582. The van der Waals surface area contributed by atoms with Gasteiger partial charge in [0.25, 0.3) is 5.56 Å². The van der Waals surface area contributed by atoms with Crippen LogP contribution in [-0.4, -0.2) is 21.6 Å². The van der Waals surface area contributed by atoms with Gasteiger partial charge in [0.05, 0.1) is 0 Å². The molecular weight excluding hydrogens is 294 g/mol. The Balaban J connectivity index is 2.45. The van der Waals surface area contributed by atoms with Crippen LogP contribution in [0.15, 0.2) is 15.5 Å². The van der Waals surface area contributed by atoms with E-state index in [2.05, 4.69) is 47.0 Å². The van der Waals surface area contributed by atoms with E-state index in [-0.39, 0.29) is 11.1 Å². The van der Waals surface area contributed by atoms with Crippen molar-refractivity contribution in [3.63, 3.8) is 0 Å². The summed E-state index contributed by atoms with van der Waals surface area (Å²) in [6, 6.07) is 0. The standard InChI is InChI=1S/C13H22BrN3O/c1-10-15-9-11(14)12(18)17(10)8-6-5-7-16-13(2,3)4/h9,16H,5-8H2,1-4H3. The molecule has 0 saturated carbocycles. The molecule has 1 heterocycles. The molecule has 1 rings (SSSR count). The molecule has 0 bridgehead atoms. The van der Waals surface area contributed by atoms with E-state index < -0.39 is 0 Å². The molecule has 102 valence electrons. The lowest BCUT2D eigenvalue weighted by atomic mass is 10.1. The Morgan fingerprint density at radius 1 is 1.39 bits per heavy atom. The lowest BCUT2D eigenvalue weighted by molar-refractivity contribution is 0.412. The van der Waals surface area contributed by atoms with Gasteiger partial charge in [-0.15, -0.1) is 0 Å². The van der Waals surface area contributed by atoms with Gasteiger partial charge in [0.1, 0.15) is 10.3 Å². The summed E-state index contributed by atoms with van der Waals surface area (Å²) in [4.78, 5) is 16.1. The highest BCUT2D eigenvalue weighted by atomic mass is 79.9. The number of halogens is 1. The molecular formula is C13H22BrN3O. The van der Waals surface area contributed by atoms with Crippen molar-refractivity contribution in [2.75, 3.05) is 6.54 Å². The third kappa shape index (κ3) is 4.90. The maximum Gasteiger partial charge on any atom is 0.267 e. The summed E-state index contributed by atoms with van der Waals surface area (Å²) in [6.07, 6.45) is 3.59. The normalized spacial score (nSPS) is 11.8. The van der Waals surface area contributed by atoms with Gasteiger partial charge in [0.15, 0.2) is 0 Å². The average molecular weight is 316 g/mol. The lowest BCUT2D eigenvalue weighted by Gasteiger charge is -2.20. The number of aromatic nitrogens is 2. The van der Waals surface area contributed by atoms with Crippen molar-refractivity contribution in [1.82, 2.24) is 14.9 Å². The van der Waals surface area contributed by atoms with Crippen LogP contribution in [-0.2, 0) is 6.54 Å². The highest BCUT2D eigenvalue weighted by Crippen LogP contribution is 2.04. The number of nitrogens with zero attached hydrogens (tertiary/aromatic N) is 2. The highest BCUT2D eigenvalue weighted by molar-refractivity contribution is 9.10. The molecule has 0 aliphatic heterocycles. The highest BCUT2D eigenvalue weighted by Gasteiger charge is 2.08. The molecule has 0 aliphatic rings. The summed E-state index contributed by atoms with van der Waals surface area (Å²) in [6.45, 7) is 10.0. The predicted octanol–water partition coefficient (Wildman–Crippen LogP) is 2.48. The van der Waals surface area contributed by atoms with Crippen LogP contribution < -0.4 is 10.9 Å². The molecule has 1 N–H and O–H groups in total. The zero-order chi connectivity index (χ0) is 13.8. The van der Waals surface area contributed by atoms with Crippen molar-refractivity contribution in [3.05, 3.63) is 26.8 Å². The van der Waals surface area contributed by atoms with E-state index in [1.165, 1.54) is 0 Å². The maximum absolute atomic E-state index is 11.9. The van der Waals surface area contributed by atoms with Crippen molar-refractivity contribution >= 4 is 15.9 Å². The van der Waals surface area contributed by atoms with Crippen LogP contribution in [0.2, 0.25) is 0 Å². The Morgan fingerprint density at radius 3 is 2.67 bits per heavy atom. The van der Waals surface area contributed by atoms with Gasteiger partial charge >= 0.3 is 0 Å². The van der Waals surface area contributed by atoms with E-state index in [1.807, 2.05) is 6.92 Å². The Kier molecular flexibility index (Phi) is 5.53. The first-order valence-corrected chi connectivity index (χ1v) is 7.07. The number of nitrogens with one attached hydrogen (secondary N) is 1. The van der Waals surface area contributed by atoms with E-state index in [1.54, 1.807) is 10.8 Å². The van der Waals surface area contributed by atoms with Gasteiger partial charge in [0.2, 0.25) is 0 Å². The molecule has 0 fully saturated rings. The SMILES string of the molecule is Cc1ncc(Br)c(=O)n1CCCCNC(C)(C)C. The van der Waals surface area contributed by atoms with Gasteiger partial charge in [-0.3, -0.25) is 9.36 Å². The largest absolute Gasteiger partial charge is 0.312 e. The van der Waals surface area contributed by atoms with Crippen molar-refractivity contribution in [2.45, 2.75) is 52.6 Å². The van der Waals surface area contributed by atoms with Gasteiger partial charge in [-0.1, -0.05) is 0 Å². The molecule has 0 saturated heterocycles. The zero-order valence-electron chi connectivity index (χ0n) is 11.6. The fourth-order valence-corrected chi connectivity index (χ4v) is 1.99. The monoisotopic (exact) mass is 315 g/mol. The first-order valence-electron chi connectivity index (χ1n) is 6.28. The van der Waals surface area contributed by atoms with E-state index >= 15 is 0 Å². The molecule has 1 aromatic heterocycles. The predicted molar refractivity (Wildman–Crippen MR) is 77.9 cm³/mol. The van der Waals surface area contributed by atoms with Crippen molar-refractivity contribution in [1.29, 1.82) is 0 Å². The third-order valence-electron chi connectivity index (χ3n) is 2.67. The second kappa shape index (κ2) is 6.48. The first-order chi connectivity index (χ1) is 8.31. The second-order valence-corrected chi connectivity index (χ2v) is 6.35. The van der Waals surface area contributed by atoms with Crippen molar-refractivity contribution in [3.8, 4) is 0 Å². The molecule has 0 radical (unpaired) electrons. The smallest absolute Gasteiger partial charge is 0.267 e. The quantitative estimate of drug-likeness (QED) is 0.849. The van der Waals surface area contributed by atoms with E-state index in [4.69, 9.17) is 0 Å². The van der Waals surface area contributed by atoms with Crippen LogP contribution in [0.3, 0.4) is 0 Å². The van der Waals surface area contributed by atoms with Crippen LogP contribution in [0.5, 0.6) is 0 Å². The number of hydrogen-bond donors (Lipinski definition) is 1. The molecule has 0 aromatic carbocycles. The van der Waals surface area contributed by atoms with E-state index in [0.717, 1.165) is 31.8 Å². The van der Waals surface area contributed by atoms with E-state index in [9.17, 15) is 4.79 Å². The topological polar surface area (TPSA) is 46.9 Å². The first kappa shape index (κ1) is 15.4. The van der Waals surface area contributed by atoms with Crippen LogP contribution in [0.4, 0.5) is 0 Å². The third-order valence-corrected chi connectivity index (χ3v) is 3.21. The summed E-state index contributed by atoms with van der Waals surface area (Å²) < 4.78 is 2.25. The molecule has 0 aliphatic carbocycles. The van der Waals surface area contributed by atoms with Crippen LogP contribution >= 0.6 is 15.9 Å². The van der Waals surface area contributed by atoms with E-state index in [0.29, 0.717) is 4.47 Å². The summed E-state index contributed by atoms with van der Waals surface area (Å²) in [5.74, 6) is 0.770. The van der Waals surface area contributed by atoms with Crippen molar-refractivity contribution in [2.24, 2.45) is 0 Å². The minimum Gasteiger partial charge on any atom is -0.312 e. The molecule has 1 aromatic rings.